The Labute approximate surface area is 149 Å². The number of esters is 1. The fourth-order valence-corrected chi connectivity index (χ4v) is 2.49. The molecule has 1 amide bonds. The van der Waals surface area contributed by atoms with Crippen molar-refractivity contribution in [2.45, 2.75) is 13.0 Å². The van der Waals surface area contributed by atoms with Crippen LogP contribution in [-0.2, 0) is 16.6 Å². The highest BCUT2D eigenvalue weighted by atomic mass is 16.5. The zero-order valence-electron chi connectivity index (χ0n) is 14.3. The van der Waals surface area contributed by atoms with Crippen molar-refractivity contribution >= 4 is 28.3 Å². The fourth-order valence-electron chi connectivity index (χ4n) is 2.49. The molecule has 0 bridgehead atoms. The molecule has 0 saturated carbocycles. The molecule has 132 valence electrons. The van der Waals surface area contributed by atoms with Crippen LogP contribution in [0.3, 0.4) is 0 Å². The van der Waals surface area contributed by atoms with E-state index in [1.165, 1.54) is 14.0 Å². The topological polar surface area (TPSA) is 90.3 Å². The molecule has 0 unspecified atom stereocenters. The molecule has 3 rings (SSSR count). The minimum Gasteiger partial charge on any atom is -0.448 e. The van der Waals surface area contributed by atoms with Gasteiger partial charge in [0, 0.05) is 18.1 Å². The number of ether oxygens (including phenoxy) is 1. The molecule has 0 aliphatic rings. The lowest BCUT2D eigenvalue weighted by Crippen LogP contribution is -2.31. The lowest BCUT2D eigenvalue weighted by molar-refractivity contribution is -0.123. The van der Waals surface area contributed by atoms with Gasteiger partial charge < -0.3 is 10.1 Å². The van der Waals surface area contributed by atoms with E-state index in [4.69, 9.17) is 4.74 Å². The van der Waals surface area contributed by atoms with Crippen LogP contribution in [0, 0.1) is 0 Å². The third-order valence-corrected chi connectivity index (χ3v) is 3.84. The highest BCUT2D eigenvalue weighted by molar-refractivity contribution is 6.03. The van der Waals surface area contributed by atoms with E-state index in [-0.39, 0.29) is 11.3 Å². The second-order valence-corrected chi connectivity index (χ2v) is 5.73. The average Bonchev–Trinajstić information content (AvgIpc) is 2.65. The van der Waals surface area contributed by atoms with Crippen LogP contribution in [0.25, 0.3) is 10.8 Å². The Morgan fingerprint density at radius 3 is 2.35 bits per heavy atom. The van der Waals surface area contributed by atoms with Crippen molar-refractivity contribution in [3.63, 3.8) is 0 Å². The summed E-state index contributed by atoms with van der Waals surface area (Å²) in [5, 5.41) is 7.40. The van der Waals surface area contributed by atoms with E-state index in [0.717, 1.165) is 4.68 Å². The lowest BCUT2D eigenvalue weighted by atomic mass is 10.1. The molecule has 0 aliphatic carbocycles. The smallest absolute Gasteiger partial charge is 0.360 e. The number of carbonyl (C=O) groups is 2. The molecule has 7 heteroatoms. The molecule has 0 aliphatic heterocycles. The lowest BCUT2D eigenvalue weighted by Gasteiger charge is -2.14. The molecule has 1 aromatic heterocycles. The summed E-state index contributed by atoms with van der Waals surface area (Å²) in [6.45, 7) is 1.47. The highest BCUT2D eigenvalue weighted by Gasteiger charge is 2.22. The summed E-state index contributed by atoms with van der Waals surface area (Å²) in [5.74, 6) is -1.23. The van der Waals surface area contributed by atoms with Crippen LogP contribution >= 0.6 is 0 Å². The van der Waals surface area contributed by atoms with Gasteiger partial charge in [-0.05, 0) is 25.1 Å². The van der Waals surface area contributed by atoms with Crippen LogP contribution in [0.1, 0.15) is 17.4 Å². The number of fused-ring (bicyclic) bond motifs is 1. The second kappa shape index (κ2) is 7.18. The van der Waals surface area contributed by atoms with E-state index in [1.54, 1.807) is 48.5 Å². The van der Waals surface area contributed by atoms with Crippen LogP contribution in [0.15, 0.2) is 59.4 Å². The predicted octanol–water partition coefficient (Wildman–Crippen LogP) is 2.12. The summed E-state index contributed by atoms with van der Waals surface area (Å²) in [7, 11) is 1.46. The van der Waals surface area contributed by atoms with Crippen LogP contribution in [0.4, 0.5) is 5.69 Å². The number of rotatable bonds is 4. The number of para-hydroxylation sites is 1. The first-order chi connectivity index (χ1) is 12.5. The number of carbonyl (C=O) groups excluding carboxylic acids is 2. The van der Waals surface area contributed by atoms with Gasteiger partial charge in [-0.25, -0.2) is 9.48 Å². The number of nitrogens with one attached hydrogen (secondary N) is 1. The molecule has 0 radical (unpaired) electrons. The molecule has 0 spiro atoms. The Bertz CT molecular complexity index is 1030. The zero-order valence-corrected chi connectivity index (χ0v) is 14.3. The quantitative estimate of drug-likeness (QED) is 0.727. The molecule has 0 fully saturated rings. The number of aryl methyl sites for hydroxylation is 1. The van der Waals surface area contributed by atoms with E-state index in [1.807, 2.05) is 6.07 Å². The summed E-state index contributed by atoms with van der Waals surface area (Å²) >= 11 is 0. The van der Waals surface area contributed by atoms with Crippen LogP contribution in [-0.4, -0.2) is 27.8 Å². The summed E-state index contributed by atoms with van der Waals surface area (Å²) in [6.07, 6.45) is -1.03. The van der Waals surface area contributed by atoms with Gasteiger partial charge in [0.05, 0.1) is 5.39 Å². The van der Waals surface area contributed by atoms with E-state index in [2.05, 4.69) is 10.4 Å². The summed E-state index contributed by atoms with van der Waals surface area (Å²) in [4.78, 5) is 36.8. The molecule has 1 atom stereocenters. The van der Waals surface area contributed by atoms with Gasteiger partial charge in [-0.3, -0.25) is 9.59 Å². The number of aromatic nitrogens is 2. The Kier molecular flexibility index (Phi) is 4.79. The Hall–Kier alpha value is -3.48. The molecule has 26 heavy (non-hydrogen) atoms. The maximum atomic E-state index is 12.5. The molecule has 7 nitrogen and oxygen atoms in total. The van der Waals surface area contributed by atoms with E-state index in [9.17, 15) is 14.4 Å². The molecule has 2 aromatic carbocycles. The maximum absolute atomic E-state index is 12.5. The van der Waals surface area contributed by atoms with Gasteiger partial charge in [0.15, 0.2) is 11.8 Å². The monoisotopic (exact) mass is 351 g/mol. The first kappa shape index (κ1) is 17.3. The number of amides is 1. The van der Waals surface area contributed by atoms with Crippen molar-refractivity contribution in [2.75, 3.05) is 5.32 Å². The van der Waals surface area contributed by atoms with Crippen molar-refractivity contribution in [3.05, 3.63) is 70.6 Å². The van der Waals surface area contributed by atoms with Gasteiger partial charge >= 0.3 is 5.97 Å². The van der Waals surface area contributed by atoms with Crippen LogP contribution < -0.4 is 10.9 Å². The van der Waals surface area contributed by atoms with Gasteiger partial charge in [-0.15, -0.1) is 0 Å². The van der Waals surface area contributed by atoms with E-state index in [0.29, 0.717) is 16.5 Å². The zero-order chi connectivity index (χ0) is 18.7. The molecule has 3 aromatic rings. The predicted molar refractivity (Wildman–Crippen MR) is 96.9 cm³/mol. The van der Waals surface area contributed by atoms with Crippen molar-refractivity contribution in [1.82, 2.24) is 9.78 Å². The van der Waals surface area contributed by atoms with Gasteiger partial charge in [-0.1, -0.05) is 36.4 Å². The average molecular weight is 351 g/mol. The largest absolute Gasteiger partial charge is 0.448 e. The van der Waals surface area contributed by atoms with Gasteiger partial charge in [0.1, 0.15) is 0 Å². The summed E-state index contributed by atoms with van der Waals surface area (Å²) in [5.41, 5.74) is 0.278. The van der Waals surface area contributed by atoms with Gasteiger partial charge in [-0.2, -0.15) is 5.10 Å². The number of anilines is 1. The van der Waals surface area contributed by atoms with Crippen LogP contribution in [0.5, 0.6) is 0 Å². The first-order valence-corrected chi connectivity index (χ1v) is 8.00. The fraction of sp³-hybridized carbons (Fsp3) is 0.158. The molecular formula is C19H17N3O4. The minimum atomic E-state index is -1.03. The van der Waals surface area contributed by atoms with Gasteiger partial charge in [0.25, 0.3) is 11.5 Å². The normalized spacial score (nSPS) is 11.8. The summed E-state index contributed by atoms with van der Waals surface area (Å²) in [6, 6.07) is 15.5. The molecular weight excluding hydrogens is 334 g/mol. The van der Waals surface area contributed by atoms with Gasteiger partial charge in [0.2, 0.25) is 0 Å². The Balaban J connectivity index is 1.82. The Morgan fingerprint density at radius 2 is 1.65 bits per heavy atom. The maximum Gasteiger partial charge on any atom is 0.360 e. The number of benzene rings is 2. The molecule has 1 heterocycles. The summed E-state index contributed by atoms with van der Waals surface area (Å²) < 4.78 is 6.32. The number of hydrogen-bond donors (Lipinski definition) is 1. The third-order valence-electron chi connectivity index (χ3n) is 3.84. The molecule has 1 N–H and O–H groups in total. The first-order valence-electron chi connectivity index (χ1n) is 8.00. The standard InChI is InChI=1S/C19H17N3O4/c1-12(17(23)20-13-8-4-3-5-9-13)26-19(25)16-14-10-6-7-11-15(14)18(24)22(2)21-16/h3-12H,1-2H3,(H,20,23)/t12-/m0/s1. The van der Waals surface area contributed by atoms with Crippen molar-refractivity contribution in [2.24, 2.45) is 7.05 Å². The minimum absolute atomic E-state index is 0.0120. The third kappa shape index (κ3) is 3.46. The Morgan fingerprint density at radius 1 is 1.04 bits per heavy atom. The van der Waals surface area contributed by atoms with E-state index < -0.39 is 18.0 Å². The SMILES string of the molecule is C[C@H](OC(=O)c1nn(C)c(=O)c2ccccc12)C(=O)Nc1ccccc1. The van der Waals surface area contributed by atoms with Crippen molar-refractivity contribution in [3.8, 4) is 0 Å². The van der Waals surface area contributed by atoms with Crippen molar-refractivity contribution < 1.29 is 14.3 Å². The highest BCUT2D eigenvalue weighted by Crippen LogP contribution is 2.15. The van der Waals surface area contributed by atoms with Crippen molar-refractivity contribution in [1.29, 1.82) is 0 Å². The van der Waals surface area contributed by atoms with Crippen LogP contribution in [0.2, 0.25) is 0 Å². The second-order valence-electron chi connectivity index (χ2n) is 5.73. The molecule has 0 saturated heterocycles. The number of hydrogen-bond acceptors (Lipinski definition) is 5. The number of nitrogens with zero attached hydrogens (tertiary/aromatic N) is 2. The van der Waals surface area contributed by atoms with E-state index >= 15 is 0 Å².